The van der Waals surface area contributed by atoms with E-state index >= 15 is 0 Å². The van der Waals surface area contributed by atoms with Crippen LogP contribution < -0.4 is 5.32 Å². The number of pyridine rings is 1. The Hall–Kier alpha value is -2.43. The minimum Gasteiger partial charge on any atom is -0.392 e. The van der Waals surface area contributed by atoms with Crippen LogP contribution in [0, 0.1) is 12.8 Å². The molecule has 2 N–H and O–H groups in total. The van der Waals surface area contributed by atoms with E-state index in [1.165, 1.54) is 17.5 Å². The number of rotatable bonds is 7. The van der Waals surface area contributed by atoms with E-state index in [4.69, 9.17) is 16.7 Å². The number of nitrogens with zero attached hydrogens (tertiary/aromatic N) is 2. The quantitative estimate of drug-likeness (QED) is 0.405. The van der Waals surface area contributed by atoms with Crippen LogP contribution >= 0.6 is 11.6 Å². The van der Waals surface area contributed by atoms with Gasteiger partial charge in [0.2, 0.25) is 0 Å². The summed E-state index contributed by atoms with van der Waals surface area (Å²) in [6, 6.07) is 9.62. The third kappa shape index (κ3) is 13.7. The summed E-state index contributed by atoms with van der Waals surface area (Å²) in [5.74, 6) is 1.57. The lowest BCUT2D eigenvalue weighted by atomic mass is 10.1. The Kier molecular flexibility index (Phi) is 15.8. The molecule has 33 heavy (non-hydrogen) atoms. The molecular weight excluding hydrogens is 430 g/mol. The Labute approximate surface area is 206 Å². The van der Waals surface area contributed by atoms with Gasteiger partial charge in [0.15, 0.2) is 0 Å². The van der Waals surface area contributed by atoms with Gasteiger partial charge in [0.1, 0.15) is 5.82 Å². The number of aliphatic hydroxyl groups excluding tert-OH is 1. The highest BCUT2D eigenvalue weighted by Gasteiger charge is 2.02. The van der Waals surface area contributed by atoms with Crippen molar-refractivity contribution in [2.75, 3.05) is 12.4 Å². The zero-order valence-corrected chi connectivity index (χ0v) is 22.4. The second-order valence-corrected chi connectivity index (χ2v) is 8.81. The molecule has 0 radical (unpaired) electrons. The molecule has 4 nitrogen and oxygen atoms in total. The summed E-state index contributed by atoms with van der Waals surface area (Å²) in [4.78, 5) is 8.35. The molecule has 2 rings (SSSR count). The summed E-state index contributed by atoms with van der Waals surface area (Å²) in [7, 11) is 1.73. The second-order valence-electron chi connectivity index (χ2n) is 8.37. The van der Waals surface area contributed by atoms with E-state index in [2.05, 4.69) is 62.6 Å². The van der Waals surface area contributed by atoms with Crippen molar-refractivity contribution in [1.82, 2.24) is 4.98 Å². The Morgan fingerprint density at radius 2 is 1.85 bits per heavy atom. The van der Waals surface area contributed by atoms with E-state index in [1.807, 2.05) is 38.1 Å². The Morgan fingerprint density at radius 1 is 1.21 bits per heavy atom. The Balaban J connectivity index is 0.000000569. The molecule has 0 aliphatic carbocycles. The minimum atomic E-state index is -0.00629. The van der Waals surface area contributed by atoms with Crippen LogP contribution in [0.3, 0.4) is 0 Å². The summed E-state index contributed by atoms with van der Waals surface area (Å²) >= 11 is 5.80. The Bertz CT molecular complexity index is 896. The van der Waals surface area contributed by atoms with Gasteiger partial charge in [0, 0.05) is 18.3 Å². The van der Waals surface area contributed by atoms with Crippen LogP contribution in [-0.4, -0.2) is 22.8 Å². The minimum absolute atomic E-state index is 0.00629. The van der Waals surface area contributed by atoms with Crippen molar-refractivity contribution in [3.05, 3.63) is 82.2 Å². The molecule has 0 amide bonds. The molecule has 1 aromatic carbocycles. The number of aromatic nitrogens is 1. The Morgan fingerprint density at radius 3 is 2.24 bits per heavy atom. The van der Waals surface area contributed by atoms with Crippen LogP contribution in [0.4, 0.5) is 5.82 Å². The highest BCUT2D eigenvalue weighted by atomic mass is 35.5. The van der Waals surface area contributed by atoms with Crippen LogP contribution in [0.25, 0.3) is 0 Å². The van der Waals surface area contributed by atoms with Crippen molar-refractivity contribution < 1.29 is 5.11 Å². The number of halogens is 1. The van der Waals surface area contributed by atoms with Gasteiger partial charge >= 0.3 is 0 Å². The predicted molar refractivity (Wildman–Crippen MR) is 146 cm³/mol. The van der Waals surface area contributed by atoms with E-state index in [0.29, 0.717) is 11.5 Å². The molecule has 0 unspecified atom stereocenters. The van der Waals surface area contributed by atoms with Gasteiger partial charge in [-0.2, -0.15) is 0 Å². The fourth-order valence-corrected chi connectivity index (χ4v) is 2.59. The van der Waals surface area contributed by atoms with E-state index < -0.39 is 0 Å². The lowest BCUT2D eigenvalue weighted by molar-refractivity contribution is 0.281. The summed E-state index contributed by atoms with van der Waals surface area (Å²) in [5.41, 5.74) is 6.09. The standard InChI is InChI=1S/C14H19N3O.C9H11Cl.C5H12/c1-10(2)7-13(15-4)11(3)17-14-6-5-12(9-18)8-16-14;1-3-8-6-9(10)5-4-7(8)2;1-4-5(2)3/h5-8,18H,3,9H2,1-2,4H3,(H,16,17);4-6H,3H2,1-2H3;5H,4H2,1-3H3. The molecule has 5 heteroatoms. The maximum Gasteiger partial charge on any atom is 0.130 e. The maximum atomic E-state index is 8.93. The van der Waals surface area contributed by atoms with Crippen LogP contribution in [0.15, 0.2) is 65.4 Å². The summed E-state index contributed by atoms with van der Waals surface area (Å²) in [6.45, 7) is 18.8. The van der Waals surface area contributed by atoms with Gasteiger partial charge in [-0.05, 0) is 74.1 Å². The monoisotopic (exact) mass is 471 g/mol. The molecule has 1 heterocycles. The topological polar surface area (TPSA) is 57.5 Å². The fourth-order valence-electron chi connectivity index (χ4n) is 2.39. The first-order valence-electron chi connectivity index (χ1n) is 11.5. The number of hydrogen-bond acceptors (Lipinski definition) is 4. The first kappa shape index (κ1) is 30.6. The highest BCUT2D eigenvalue weighted by molar-refractivity contribution is 6.30. The highest BCUT2D eigenvalue weighted by Crippen LogP contribution is 2.15. The summed E-state index contributed by atoms with van der Waals surface area (Å²) < 4.78 is 0. The normalized spacial score (nSPS) is 10.5. The molecule has 0 saturated carbocycles. The van der Waals surface area contributed by atoms with Crippen LogP contribution in [0.5, 0.6) is 0 Å². The number of aliphatic imine (C=N–C) groups is 1. The van der Waals surface area contributed by atoms with Gasteiger partial charge in [-0.15, -0.1) is 0 Å². The van der Waals surface area contributed by atoms with Crippen molar-refractivity contribution in [2.24, 2.45) is 10.9 Å². The number of allylic oxidation sites excluding steroid dienone is 2. The van der Waals surface area contributed by atoms with Gasteiger partial charge in [0.25, 0.3) is 0 Å². The first-order chi connectivity index (χ1) is 15.6. The summed E-state index contributed by atoms with van der Waals surface area (Å²) in [5, 5.41) is 12.9. The summed E-state index contributed by atoms with van der Waals surface area (Å²) in [6.07, 6.45) is 5.95. The number of anilines is 1. The second kappa shape index (κ2) is 17.1. The van der Waals surface area contributed by atoms with Crippen LogP contribution in [-0.2, 0) is 13.0 Å². The molecule has 0 spiro atoms. The zero-order valence-electron chi connectivity index (χ0n) is 21.7. The van der Waals surface area contributed by atoms with Crippen LogP contribution in [0.1, 0.15) is 64.7 Å². The van der Waals surface area contributed by atoms with Gasteiger partial charge in [0.05, 0.1) is 18.0 Å². The number of benzene rings is 1. The molecule has 2 aromatic rings. The molecule has 182 valence electrons. The first-order valence-corrected chi connectivity index (χ1v) is 11.8. The van der Waals surface area contributed by atoms with Crippen LogP contribution in [0.2, 0.25) is 5.02 Å². The van der Waals surface area contributed by atoms with E-state index in [1.54, 1.807) is 19.3 Å². The third-order valence-electron chi connectivity index (χ3n) is 4.77. The number of aliphatic hydroxyl groups is 1. The van der Waals surface area contributed by atoms with Crippen molar-refractivity contribution >= 4 is 23.1 Å². The molecule has 1 aromatic heterocycles. The molecule has 0 atom stereocenters. The van der Waals surface area contributed by atoms with Gasteiger partial charge in [-0.1, -0.05) is 70.0 Å². The van der Waals surface area contributed by atoms with Gasteiger partial charge in [-0.25, -0.2) is 4.98 Å². The van der Waals surface area contributed by atoms with Crippen molar-refractivity contribution in [1.29, 1.82) is 0 Å². The zero-order chi connectivity index (χ0) is 25.4. The lowest BCUT2D eigenvalue weighted by Gasteiger charge is -2.09. The van der Waals surface area contributed by atoms with E-state index in [9.17, 15) is 0 Å². The number of nitrogens with one attached hydrogen (secondary N) is 1. The molecular formula is C28H42ClN3O. The average molecular weight is 472 g/mol. The van der Waals surface area contributed by atoms with Crippen molar-refractivity contribution in [3.63, 3.8) is 0 Å². The van der Waals surface area contributed by atoms with E-state index in [-0.39, 0.29) is 6.61 Å². The number of aryl methyl sites for hydroxylation is 2. The fraction of sp³-hybridized carbons (Fsp3) is 0.429. The number of hydrogen-bond donors (Lipinski definition) is 2. The molecule has 0 bridgehead atoms. The maximum absolute atomic E-state index is 8.93. The molecule has 0 aliphatic rings. The van der Waals surface area contributed by atoms with Crippen molar-refractivity contribution in [3.8, 4) is 0 Å². The molecule has 0 saturated heterocycles. The SMILES string of the molecule is C=C(Nc1ccc(CO)cn1)C(C=C(C)C)=NC.CCC(C)C.CCc1cc(Cl)ccc1C. The average Bonchev–Trinajstić information content (AvgIpc) is 2.80. The van der Waals surface area contributed by atoms with Gasteiger partial charge in [-0.3, -0.25) is 4.99 Å². The largest absolute Gasteiger partial charge is 0.392 e. The predicted octanol–water partition coefficient (Wildman–Crippen LogP) is 7.80. The third-order valence-corrected chi connectivity index (χ3v) is 5.01. The van der Waals surface area contributed by atoms with Crippen molar-refractivity contribution in [2.45, 2.75) is 67.9 Å². The lowest BCUT2D eigenvalue weighted by Crippen LogP contribution is -2.09. The smallest absolute Gasteiger partial charge is 0.130 e. The molecule has 0 fully saturated rings. The van der Waals surface area contributed by atoms with Gasteiger partial charge < -0.3 is 10.4 Å². The van der Waals surface area contributed by atoms with E-state index in [0.717, 1.165) is 34.2 Å². The molecule has 0 aliphatic heterocycles.